The van der Waals surface area contributed by atoms with E-state index < -0.39 is 0 Å². The first-order chi connectivity index (χ1) is 9.38. The molecule has 0 unspecified atom stereocenters. The molecule has 1 saturated heterocycles. The molecule has 4 nitrogen and oxygen atoms in total. The van der Waals surface area contributed by atoms with Crippen molar-refractivity contribution >= 4 is 0 Å². The van der Waals surface area contributed by atoms with Crippen molar-refractivity contribution < 1.29 is 4.74 Å². The number of hydrogen-bond acceptors (Lipinski definition) is 4. The Morgan fingerprint density at radius 2 is 2.05 bits per heavy atom. The van der Waals surface area contributed by atoms with E-state index in [-0.39, 0.29) is 0 Å². The van der Waals surface area contributed by atoms with Gasteiger partial charge in [-0.1, -0.05) is 0 Å². The number of nitrogens with zero attached hydrogens (tertiary/aromatic N) is 2. The smallest absolute Gasteiger partial charge is 0.0587 e. The number of nitrogens with one attached hydrogen (secondary N) is 1. The fourth-order valence-corrected chi connectivity index (χ4v) is 2.58. The second-order valence-corrected chi connectivity index (χ2v) is 5.27. The second-order valence-electron chi connectivity index (χ2n) is 5.27. The van der Waals surface area contributed by atoms with E-state index in [2.05, 4.69) is 27.3 Å². The third-order valence-corrected chi connectivity index (χ3v) is 3.78. The van der Waals surface area contributed by atoms with Crippen LogP contribution in [0.3, 0.4) is 0 Å². The lowest BCUT2D eigenvalue weighted by Gasteiger charge is -2.32. The summed E-state index contributed by atoms with van der Waals surface area (Å²) >= 11 is 0. The van der Waals surface area contributed by atoms with Crippen LogP contribution in [0.5, 0.6) is 0 Å². The lowest BCUT2D eigenvalue weighted by atomic mass is 9.96. The van der Waals surface area contributed by atoms with Gasteiger partial charge in [0.15, 0.2) is 0 Å². The molecule has 0 spiro atoms. The molecule has 19 heavy (non-hydrogen) atoms. The first kappa shape index (κ1) is 14.4. The third-order valence-electron chi connectivity index (χ3n) is 3.78. The van der Waals surface area contributed by atoms with Gasteiger partial charge in [0.2, 0.25) is 0 Å². The summed E-state index contributed by atoms with van der Waals surface area (Å²) < 4.78 is 5.04. The van der Waals surface area contributed by atoms with E-state index in [9.17, 15) is 0 Å². The van der Waals surface area contributed by atoms with Crippen molar-refractivity contribution in [3.8, 4) is 0 Å². The highest BCUT2D eigenvalue weighted by atomic mass is 16.5. The van der Waals surface area contributed by atoms with Crippen molar-refractivity contribution in [1.29, 1.82) is 0 Å². The Labute approximate surface area is 116 Å². The van der Waals surface area contributed by atoms with E-state index in [4.69, 9.17) is 4.74 Å². The summed E-state index contributed by atoms with van der Waals surface area (Å²) in [7, 11) is 1.75. The van der Waals surface area contributed by atoms with Crippen molar-refractivity contribution in [2.24, 2.45) is 5.92 Å². The Morgan fingerprint density at radius 3 is 2.74 bits per heavy atom. The maximum atomic E-state index is 5.04. The summed E-state index contributed by atoms with van der Waals surface area (Å²) in [5.74, 6) is 0.825. The highest BCUT2D eigenvalue weighted by Crippen LogP contribution is 2.18. The molecule has 1 aromatic heterocycles. The van der Waals surface area contributed by atoms with Gasteiger partial charge in [-0.15, -0.1) is 0 Å². The molecule has 1 N–H and O–H groups in total. The number of pyridine rings is 1. The maximum absolute atomic E-state index is 5.04. The normalized spacial score (nSPS) is 17.7. The highest BCUT2D eigenvalue weighted by molar-refractivity contribution is 5.09. The van der Waals surface area contributed by atoms with Gasteiger partial charge < -0.3 is 10.1 Å². The van der Waals surface area contributed by atoms with Crippen LogP contribution in [-0.4, -0.2) is 49.8 Å². The number of hydrogen-bond donors (Lipinski definition) is 1. The van der Waals surface area contributed by atoms with Crippen LogP contribution in [0.15, 0.2) is 24.5 Å². The molecule has 1 aliphatic rings. The highest BCUT2D eigenvalue weighted by Gasteiger charge is 2.18. The molecule has 0 atom stereocenters. The van der Waals surface area contributed by atoms with Crippen LogP contribution >= 0.6 is 0 Å². The van der Waals surface area contributed by atoms with Crippen LogP contribution in [0, 0.1) is 5.92 Å². The van der Waals surface area contributed by atoms with Crippen molar-refractivity contribution in [1.82, 2.24) is 15.2 Å². The zero-order valence-corrected chi connectivity index (χ0v) is 11.8. The quantitative estimate of drug-likeness (QED) is 0.757. The lowest BCUT2D eigenvalue weighted by molar-refractivity contribution is 0.168. The number of aromatic nitrogens is 1. The topological polar surface area (TPSA) is 37.4 Å². The Balaban J connectivity index is 1.62. The largest absolute Gasteiger partial charge is 0.383 e. The zero-order chi connectivity index (χ0) is 13.3. The lowest BCUT2D eigenvalue weighted by Crippen LogP contribution is -2.37. The van der Waals surface area contributed by atoms with E-state index >= 15 is 0 Å². The predicted octanol–water partition coefficient (Wildman–Crippen LogP) is 1.53. The molecule has 0 aliphatic carbocycles. The molecule has 106 valence electrons. The van der Waals surface area contributed by atoms with Crippen molar-refractivity contribution in [3.05, 3.63) is 30.1 Å². The van der Waals surface area contributed by atoms with E-state index in [1.165, 1.54) is 31.5 Å². The SMILES string of the molecule is COCCNCC1CCN(Cc2ccncc2)CC1. The Kier molecular flexibility index (Phi) is 6.27. The summed E-state index contributed by atoms with van der Waals surface area (Å²) in [6.45, 7) is 6.38. The van der Waals surface area contributed by atoms with Crippen LogP contribution in [0.2, 0.25) is 0 Å². The molecule has 4 heteroatoms. The van der Waals surface area contributed by atoms with Gasteiger partial charge in [0, 0.05) is 32.6 Å². The number of ether oxygens (including phenoxy) is 1. The number of piperidine rings is 1. The fraction of sp³-hybridized carbons (Fsp3) is 0.667. The molecular weight excluding hydrogens is 238 g/mol. The number of likely N-dealkylation sites (tertiary alicyclic amines) is 1. The molecule has 0 aromatic carbocycles. The molecule has 2 heterocycles. The van der Waals surface area contributed by atoms with Gasteiger partial charge in [-0.25, -0.2) is 0 Å². The number of rotatable bonds is 7. The Bertz CT molecular complexity index is 337. The summed E-state index contributed by atoms with van der Waals surface area (Å²) in [6, 6.07) is 4.22. The Morgan fingerprint density at radius 1 is 1.32 bits per heavy atom. The van der Waals surface area contributed by atoms with Crippen molar-refractivity contribution in [2.45, 2.75) is 19.4 Å². The average Bonchev–Trinajstić information content (AvgIpc) is 2.46. The summed E-state index contributed by atoms with van der Waals surface area (Å²) in [6.07, 6.45) is 6.35. The van der Waals surface area contributed by atoms with Crippen LogP contribution in [0.1, 0.15) is 18.4 Å². The van der Waals surface area contributed by atoms with E-state index in [1.807, 2.05) is 12.4 Å². The van der Waals surface area contributed by atoms with E-state index in [0.717, 1.165) is 32.2 Å². The van der Waals surface area contributed by atoms with E-state index in [1.54, 1.807) is 7.11 Å². The molecule has 0 amide bonds. The fourth-order valence-electron chi connectivity index (χ4n) is 2.58. The zero-order valence-electron chi connectivity index (χ0n) is 11.8. The van der Waals surface area contributed by atoms with Gasteiger partial charge in [0.05, 0.1) is 6.61 Å². The first-order valence-corrected chi connectivity index (χ1v) is 7.19. The first-order valence-electron chi connectivity index (χ1n) is 7.19. The minimum Gasteiger partial charge on any atom is -0.383 e. The van der Waals surface area contributed by atoms with Crippen LogP contribution < -0.4 is 5.32 Å². The molecule has 1 aliphatic heterocycles. The molecular formula is C15H25N3O. The molecule has 0 bridgehead atoms. The van der Waals surface area contributed by atoms with E-state index in [0.29, 0.717) is 0 Å². The summed E-state index contributed by atoms with van der Waals surface area (Å²) in [4.78, 5) is 6.60. The van der Waals surface area contributed by atoms with Gasteiger partial charge in [0.1, 0.15) is 0 Å². The third kappa shape index (κ3) is 5.27. The van der Waals surface area contributed by atoms with Gasteiger partial charge in [-0.3, -0.25) is 9.88 Å². The molecule has 2 rings (SSSR count). The van der Waals surface area contributed by atoms with Gasteiger partial charge in [-0.2, -0.15) is 0 Å². The second kappa shape index (κ2) is 8.25. The van der Waals surface area contributed by atoms with Crippen molar-refractivity contribution in [2.75, 3.05) is 39.9 Å². The van der Waals surface area contributed by atoms with Crippen LogP contribution in [-0.2, 0) is 11.3 Å². The maximum Gasteiger partial charge on any atom is 0.0587 e. The monoisotopic (exact) mass is 263 g/mol. The number of methoxy groups -OCH3 is 1. The summed E-state index contributed by atoms with van der Waals surface area (Å²) in [5.41, 5.74) is 1.37. The summed E-state index contributed by atoms with van der Waals surface area (Å²) in [5, 5.41) is 3.47. The molecule has 1 fully saturated rings. The Hall–Kier alpha value is -0.970. The van der Waals surface area contributed by atoms with Gasteiger partial charge in [0.25, 0.3) is 0 Å². The molecule has 0 radical (unpaired) electrons. The van der Waals surface area contributed by atoms with Gasteiger partial charge in [-0.05, 0) is 56.1 Å². The average molecular weight is 263 g/mol. The van der Waals surface area contributed by atoms with Crippen LogP contribution in [0.4, 0.5) is 0 Å². The van der Waals surface area contributed by atoms with Crippen molar-refractivity contribution in [3.63, 3.8) is 0 Å². The van der Waals surface area contributed by atoms with Gasteiger partial charge >= 0.3 is 0 Å². The minimum atomic E-state index is 0.806. The van der Waals surface area contributed by atoms with Crippen LogP contribution in [0.25, 0.3) is 0 Å². The standard InChI is InChI=1S/C15H25N3O/c1-19-11-8-17-12-14-4-9-18(10-5-14)13-15-2-6-16-7-3-15/h2-3,6-7,14,17H,4-5,8-13H2,1H3. The minimum absolute atomic E-state index is 0.806. The predicted molar refractivity (Wildman–Crippen MR) is 77.0 cm³/mol. The molecule has 0 saturated carbocycles. The molecule has 1 aromatic rings.